The molecule has 82 valence electrons. The lowest BCUT2D eigenvalue weighted by atomic mass is 10.1. The molecule has 0 atom stereocenters. The van der Waals surface area contributed by atoms with Crippen molar-refractivity contribution in [3.63, 3.8) is 0 Å². The standard InChI is InChI=1S/C12H13N3O/c1-9-4-2-3-5-10(9)8-15-12(16)7-6-11(13)14-15/h2-7H,8H2,1H3,(H2,13,14). The van der Waals surface area contributed by atoms with Crippen LogP contribution in [0.2, 0.25) is 0 Å². The molecule has 1 aromatic carbocycles. The number of nitrogens with zero attached hydrogens (tertiary/aromatic N) is 2. The van der Waals surface area contributed by atoms with Crippen LogP contribution in [-0.2, 0) is 6.54 Å². The number of nitrogens with two attached hydrogens (primary N) is 1. The maximum Gasteiger partial charge on any atom is 0.267 e. The lowest BCUT2D eigenvalue weighted by Gasteiger charge is -2.07. The summed E-state index contributed by atoms with van der Waals surface area (Å²) in [6.45, 7) is 2.46. The minimum Gasteiger partial charge on any atom is -0.382 e. The van der Waals surface area contributed by atoms with Gasteiger partial charge in [0.15, 0.2) is 0 Å². The molecule has 16 heavy (non-hydrogen) atoms. The zero-order valence-electron chi connectivity index (χ0n) is 9.05. The van der Waals surface area contributed by atoms with Crippen molar-refractivity contribution >= 4 is 5.82 Å². The van der Waals surface area contributed by atoms with Crippen molar-refractivity contribution in [3.05, 3.63) is 57.9 Å². The minimum absolute atomic E-state index is 0.141. The zero-order valence-corrected chi connectivity index (χ0v) is 9.05. The van der Waals surface area contributed by atoms with Crippen LogP contribution in [0, 0.1) is 6.92 Å². The molecule has 4 heteroatoms. The highest BCUT2D eigenvalue weighted by Gasteiger charge is 2.01. The summed E-state index contributed by atoms with van der Waals surface area (Å²) in [5.74, 6) is 0.355. The Kier molecular flexibility index (Phi) is 2.72. The van der Waals surface area contributed by atoms with Crippen molar-refractivity contribution in [2.45, 2.75) is 13.5 Å². The maximum atomic E-state index is 11.5. The molecule has 0 fully saturated rings. The third kappa shape index (κ3) is 2.11. The van der Waals surface area contributed by atoms with Gasteiger partial charge in [-0.05, 0) is 24.1 Å². The summed E-state index contributed by atoms with van der Waals surface area (Å²) in [6, 6.07) is 10.8. The zero-order chi connectivity index (χ0) is 11.5. The van der Waals surface area contributed by atoms with E-state index in [0.717, 1.165) is 11.1 Å². The van der Waals surface area contributed by atoms with Gasteiger partial charge in [0.05, 0.1) is 6.54 Å². The normalized spacial score (nSPS) is 10.3. The number of aryl methyl sites for hydroxylation is 1. The topological polar surface area (TPSA) is 60.9 Å². The molecule has 4 nitrogen and oxygen atoms in total. The molecular formula is C12H13N3O. The third-order valence-corrected chi connectivity index (χ3v) is 2.47. The number of benzene rings is 1. The second kappa shape index (κ2) is 4.18. The number of nitrogen functional groups attached to an aromatic ring is 1. The van der Waals surface area contributed by atoms with Gasteiger partial charge in [-0.15, -0.1) is 0 Å². The average molecular weight is 215 g/mol. The van der Waals surface area contributed by atoms with E-state index in [1.54, 1.807) is 0 Å². The van der Waals surface area contributed by atoms with Crippen LogP contribution in [0.5, 0.6) is 0 Å². The summed E-state index contributed by atoms with van der Waals surface area (Å²) < 4.78 is 1.37. The Balaban J connectivity index is 2.38. The molecule has 0 aliphatic carbocycles. The van der Waals surface area contributed by atoms with Gasteiger partial charge in [0.1, 0.15) is 5.82 Å². The highest BCUT2D eigenvalue weighted by atomic mass is 16.1. The first-order valence-corrected chi connectivity index (χ1v) is 5.05. The number of hydrogen-bond donors (Lipinski definition) is 1. The molecule has 2 rings (SSSR count). The Morgan fingerprint density at radius 1 is 1.25 bits per heavy atom. The summed E-state index contributed by atoms with van der Waals surface area (Å²) >= 11 is 0. The summed E-state index contributed by atoms with van der Waals surface area (Å²) in [5.41, 5.74) is 7.62. The molecular weight excluding hydrogens is 202 g/mol. The highest BCUT2D eigenvalue weighted by Crippen LogP contribution is 2.07. The lowest BCUT2D eigenvalue weighted by molar-refractivity contribution is 0.642. The van der Waals surface area contributed by atoms with Crippen molar-refractivity contribution in [2.24, 2.45) is 0 Å². The first kappa shape index (κ1) is 10.4. The Bertz CT molecular complexity index is 560. The van der Waals surface area contributed by atoms with Crippen LogP contribution >= 0.6 is 0 Å². The van der Waals surface area contributed by atoms with E-state index in [1.165, 1.54) is 16.8 Å². The number of rotatable bonds is 2. The van der Waals surface area contributed by atoms with Crippen LogP contribution in [0.25, 0.3) is 0 Å². The van der Waals surface area contributed by atoms with Crippen molar-refractivity contribution in [1.82, 2.24) is 9.78 Å². The number of hydrogen-bond acceptors (Lipinski definition) is 3. The average Bonchev–Trinajstić information content (AvgIpc) is 2.27. The summed E-state index contributed by atoms with van der Waals surface area (Å²) in [6.07, 6.45) is 0. The molecule has 0 aliphatic rings. The first-order chi connectivity index (χ1) is 7.66. The SMILES string of the molecule is Cc1ccccc1Cn1nc(N)ccc1=O. The van der Waals surface area contributed by atoms with Crippen LogP contribution in [0.15, 0.2) is 41.2 Å². The number of anilines is 1. The van der Waals surface area contributed by atoms with E-state index in [0.29, 0.717) is 12.4 Å². The van der Waals surface area contributed by atoms with Gasteiger partial charge < -0.3 is 5.73 Å². The summed E-state index contributed by atoms with van der Waals surface area (Å²) in [7, 11) is 0. The Labute approximate surface area is 93.3 Å². The monoisotopic (exact) mass is 215 g/mol. The van der Waals surface area contributed by atoms with Crippen LogP contribution in [-0.4, -0.2) is 9.78 Å². The summed E-state index contributed by atoms with van der Waals surface area (Å²) in [4.78, 5) is 11.5. The molecule has 1 heterocycles. The van der Waals surface area contributed by atoms with Gasteiger partial charge in [-0.2, -0.15) is 5.10 Å². The van der Waals surface area contributed by atoms with E-state index in [4.69, 9.17) is 5.73 Å². The van der Waals surface area contributed by atoms with E-state index in [9.17, 15) is 4.79 Å². The minimum atomic E-state index is -0.141. The quantitative estimate of drug-likeness (QED) is 0.818. The van der Waals surface area contributed by atoms with Gasteiger partial charge in [0.2, 0.25) is 0 Å². The fraction of sp³-hybridized carbons (Fsp3) is 0.167. The van der Waals surface area contributed by atoms with Gasteiger partial charge in [-0.25, -0.2) is 4.68 Å². The van der Waals surface area contributed by atoms with Gasteiger partial charge in [-0.1, -0.05) is 24.3 Å². The van der Waals surface area contributed by atoms with E-state index < -0.39 is 0 Å². The molecule has 0 radical (unpaired) electrons. The predicted octanol–water partition coefficient (Wildman–Crippen LogP) is 1.18. The van der Waals surface area contributed by atoms with Crippen LogP contribution in [0.4, 0.5) is 5.82 Å². The number of aromatic nitrogens is 2. The fourth-order valence-corrected chi connectivity index (χ4v) is 1.53. The molecule has 2 aromatic rings. The molecule has 0 saturated heterocycles. The highest BCUT2D eigenvalue weighted by molar-refractivity contribution is 5.27. The predicted molar refractivity (Wildman–Crippen MR) is 63.2 cm³/mol. The van der Waals surface area contributed by atoms with Crippen molar-refractivity contribution in [3.8, 4) is 0 Å². The second-order valence-corrected chi connectivity index (χ2v) is 3.68. The first-order valence-electron chi connectivity index (χ1n) is 5.05. The van der Waals surface area contributed by atoms with Gasteiger partial charge in [0, 0.05) is 6.07 Å². The molecule has 0 spiro atoms. The van der Waals surface area contributed by atoms with Gasteiger partial charge >= 0.3 is 0 Å². The van der Waals surface area contributed by atoms with Crippen molar-refractivity contribution < 1.29 is 0 Å². The summed E-state index contributed by atoms with van der Waals surface area (Å²) in [5, 5.41) is 3.99. The van der Waals surface area contributed by atoms with E-state index in [-0.39, 0.29) is 5.56 Å². The van der Waals surface area contributed by atoms with Gasteiger partial charge in [-0.3, -0.25) is 4.79 Å². The fourth-order valence-electron chi connectivity index (χ4n) is 1.53. The largest absolute Gasteiger partial charge is 0.382 e. The molecule has 1 aromatic heterocycles. The van der Waals surface area contributed by atoms with Crippen LogP contribution in [0.1, 0.15) is 11.1 Å². The van der Waals surface area contributed by atoms with E-state index in [2.05, 4.69) is 5.10 Å². The van der Waals surface area contributed by atoms with Crippen molar-refractivity contribution in [2.75, 3.05) is 5.73 Å². The lowest BCUT2D eigenvalue weighted by Crippen LogP contribution is -2.23. The molecule has 0 bridgehead atoms. The Hall–Kier alpha value is -2.10. The van der Waals surface area contributed by atoms with E-state index in [1.807, 2.05) is 31.2 Å². The maximum absolute atomic E-state index is 11.5. The van der Waals surface area contributed by atoms with Crippen molar-refractivity contribution in [1.29, 1.82) is 0 Å². The molecule has 0 saturated carbocycles. The molecule has 0 aliphatic heterocycles. The molecule has 0 amide bonds. The third-order valence-electron chi connectivity index (χ3n) is 2.47. The molecule has 0 unspecified atom stereocenters. The Morgan fingerprint density at radius 2 is 2.00 bits per heavy atom. The Morgan fingerprint density at radius 3 is 2.75 bits per heavy atom. The van der Waals surface area contributed by atoms with Crippen LogP contribution in [0.3, 0.4) is 0 Å². The molecule has 2 N–H and O–H groups in total. The van der Waals surface area contributed by atoms with Gasteiger partial charge in [0.25, 0.3) is 5.56 Å². The van der Waals surface area contributed by atoms with Crippen LogP contribution < -0.4 is 11.3 Å². The smallest absolute Gasteiger partial charge is 0.267 e. The van der Waals surface area contributed by atoms with E-state index >= 15 is 0 Å². The second-order valence-electron chi connectivity index (χ2n) is 3.68.